The molecule has 1 aliphatic carbocycles. The molecule has 94 valence electrons. The maximum Gasteiger partial charge on any atom is 0.0739 e. The van der Waals surface area contributed by atoms with Gasteiger partial charge in [0.1, 0.15) is 0 Å². The van der Waals surface area contributed by atoms with Gasteiger partial charge >= 0.3 is 0 Å². The van der Waals surface area contributed by atoms with Crippen molar-refractivity contribution in [2.24, 2.45) is 5.92 Å². The van der Waals surface area contributed by atoms with Gasteiger partial charge in [-0.15, -0.1) is 0 Å². The molecule has 0 aromatic heterocycles. The first-order chi connectivity index (χ1) is 8.22. The summed E-state index contributed by atoms with van der Waals surface area (Å²) in [5.41, 5.74) is 7.66. The van der Waals surface area contributed by atoms with Crippen LogP contribution in [0.1, 0.15) is 39.0 Å². The molecule has 3 heteroatoms. The number of halogens is 1. The Labute approximate surface area is 109 Å². The first kappa shape index (κ1) is 12.6. The highest BCUT2D eigenvalue weighted by Gasteiger charge is 2.23. The average Bonchev–Trinajstić information content (AvgIpc) is 2.35. The van der Waals surface area contributed by atoms with Gasteiger partial charge in [-0.05, 0) is 30.9 Å². The number of nitrogen functional groups attached to an aromatic ring is 1. The van der Waals surface area contributed by atoms with Gasteiger partial charge in [-0.3, -0.25) is 0 Å². The van der Waals surface area contributed by atoms with Gasteiger partial charge in [0.25, 0.3) is 0 Å². The number of rotatable bonds is 3. The predicted octanol–water partition coefficient (Wildman–Crippen LogP) is 4.30. The van der Waals surface area contributed by atoms with Crippen molar-refractivity contribution in [3.05, 3.63) is 23.2 Å². The van der Waals surface area contributed by atoms with E-state index in [0.717, 1.165) is 11.6 Å². The molecule has 0 aliphatic heterocycles. The van der Waals surface area contributed by atoms with Crippen molar-refractivity contribution in [2.75, 3.05) is 11.1 Å². The average molecular weight is 253 g/mol. The van der Waals surface area contributed by atoms with Crippen LogP contribution in [-0.4, -0.2) is 6.04 Å². The molecule has 2 nitrogen and oxygen atoms in total. The second kappa shape index (κ2) is 5.63. The van der Waals surface area contributed by atoms with Crippen molar-refractivity contribution in [2.45, 2.75) is 45.1 Å². The van der Waals surface area contributed by atoms with E-state index in [9.17, 15) is 0 Å². The maximum atomic E-state index is 6.04. The Bertz CT molecular complexity index is 378. The molecule has 3 N–H and O–H groups in total. The fourth-order valence-electron chi connectivity index (χ4n) is 2.75. The first-order valence-electron chi connectivity index (χ1n) is 6.53. The molecule has 0 bridgehead atoms. The second-order valence-electron chi connectivity index (χ2n) is 4.90. The lowest BCUT2D eigenvalue weighted by Crippen LogP contribution is -2.32. The monoisotopic (exact) mass is 252 g/mol. The Kier molecular flexibility index (Phi) is 4.16. The summed E-state index contributed by atoms with van der Waals surface area (Å²) in [5.74, 6) is 0.766. The number of benzene rings is 1. The van der Waals surface area contributed by atoms with E-state index in [1.807, 2.05) is 18.2 Å². The molecule has 0 amide bonds. The lowest BCUT2D eigenvalue weighted by atomic mass is 9.83. The Morgan fingerprint density at radius 2 is 2.12 bits per heavy atom. The zero-order valence-corrected chi connectivity index (χ0v) is 11.1. The van der Waals surface area contributed by atoms with Crippen LogP contribution in [0.2, 0.25) is 5.02 Å². The molecule has 2 atom stereocenters. The van der Waals surface area contributed by atoms with E-state index in [0.29, 0.717) is 16.8 Å². The van der Waals surface area contributed by atoms with Gasteiger partial charge in [0.05, 0.1) is 16.4 Å². The standard InChI is InChI=1S/C14H21ClN2/c1-2-10-6-3-4-8-12(10)17-13-9-5-7-11(15)14(13)16/h5,7,9-10,12,17H,2-4,6,8,16H2,1H3. The van der Waals surface area contributed by atoms with E-state index in [2.05, 4.69) is 12.2 Å². The van der Waals surface area contributed by atoms with Crippen LogP contribution in [0.25, 0.3) is 0 Å². The quantitative estimate of drug-likeness (QED) is 0.787. The fourth-order valence-corrected chi connectivity index (χ4v) is 2.92. The number of para-hydroxylation sites is 1. The molecule has 17 heavy (non-hydrogen) atoms. The van der Waals surface area contributed by atoms with Gasteiger partial charge in [0.2, 0.25) is 0 Å². The van der Waals surface area contributed by atoms with E-state index in [-0.39, 0.29) is 0 Å². The molecule has 0 radical (unpaired) electrons. The number of nitrogens with one attached hydrogen (secondary N) is 1. The summed E-state index contributed by atoms with van der Waals surface area (Å²) < 4.78 is 0. The molecule has 0 heterocycles. The molecule has 1 saturated carbocycles. The molecule has 2 unspecified atom stereocenters. The number of anilines is 2. The van der Waals surface area contributed by atoms with Crippen LogP contribution in [0, 0.1) is 5.92 Å². The Morgan fingerprint density at radius 3 is 2.88 bits per heavy atom. The topological polar surface area (TPSA) is 38.0 Å². The number of nitrogens with two attached hydrogens (primary N) is 1. The van der Waals surface area contributed by atoms with E-state index < -0.39 is 0 Å². The normalized spacial score (nSPS) is 24.6. The number of hydrogen-bond acceptors (Lipinski definition) is 2. The van der Waals surface area contributed by atoms with E-state index in [1.165, 1.54) is 32.1 Å². The van der Waals surface area contributed by atoms with Crippen LogP contribution in [0.5, 0.6) is 0 Å². The van der Waals surface area contributed by atoms with Gasteiger partial charge in [0, 0.05) is 6.04 Å². The van der Waals surface area contributed by atoms with Crippen molar-refractivity contribution in [3.8, 4) is 0 Å². The first-order valence-corrected chi connectivity index (χ1v) is 6.90. The highest BCUT2D eigenvalue weighted by atomic mass is 35.5. The van der Waals surface area contributed by atoms with Crippen LogP contribution in [0.15, 0.2) is 18.2 Å². The van der Waals surface area contributed by atoms with Gasteiger partial charge in [-0.25, -0.2) is 0 Å². The second-order valence-corrected chi connectivity index (χ2v) is 5.31. The summed E-state index contributed by atoms with van der Waals surface area (Å²) in [5, 5.41) is 4.22. The fraction of sp³-hybridized carbons (Fsp3) is 0.571. The lowest BCUT2D eigenvalue weighted by Gasteiger charge is -2.32. The van der Waals surface area contributed by atoms with Gasteiger partial charge in [-0.1, -0.05) is 43.9 Å². The zero-order valence-electron chi connectivity index (χ0n) is 10.4. The Hall–Kier alpha value is -0.890. The minimum Gasteiger partial charge on any atom is -0.396 e. The summed E-state index contributed by atoms with van der Waals surface area (Å²) in [6, 6.07) is 6.35. The molecule has 1 aromatic carbocycles. The molecule has 1 aromatic rings. The lowest BCUT2D eigenvalue weighted by molar-refractivity contribution is 0.317. The third-order valence-electron chi connectivity index (χ3n) is 3.83. The smallest absolute Gasteiger partial charge is 0.0739 e. The minimum atomic E-state index is 0.550. The Balaban J connectivity index is 2.11. The van der Waals surface area contributed by atoms with Crippen molar-refractivity contribution >= 4 is 23.0 Å². The third-order valence-corrected chi connectivity index (χ3v) is 4.16. The molecule has 1 fully saturated rings. The summed E-state index contributed by atoms with van der Waals surface area (Å²) in [6.07, 6.45) is 6.48. The van der Waals surface area contributed by atoms with Crippen LogP contribution in [0.3, 0.4) is 0 Å². The van der Waals surface area contributed by atoms with Gasteiger partial charge in [0.15, 0.2) is 0 Å². The van der Waals surface area contributed by atoms with Crippen molar-refractivity contribution < 1.29 is 0 Å². The SMILES string of the molecule is CCC1CCCCC1Nc1cccc(Cl)c1N. The summed E-state index contributed by atoms with van der Waals surface area (Å²) in [4.78, 5) is 0. The molecule has 2 rings (SSSR count). The molecular weight excluding hydrogens is 232 g/mol. The van der Waals surface area contributed by atoms with Crippen LogP contribution < -0.4 is 11.1 Å². The summed E-state index contributed by atoms with van der Waals surface area (Å²) in [7, 11) is 0. The van der Waals surface area contributed by atoms with E-state index in [1.54, 1.807) is 0 Å². The highest BCUT2D eigenvalue weighted by molar-refractivity contribution is 6.33. The van der Waals surface area contributed by atoms with Crippen LogP contribution >= 0.6 is 11.6 Å². The van der Waals surface area contributed by atoms with Crippen molar-refractivity contribution in [1.82, 2.24) is 0 Å². The third kappa shape index (κ3) is 2.86. The van der Waals surface area contributed by atoms with Crippen LogP contribution in [0.4, 0.5) is 11.4 Å². The molecule has 0 saturated heterocycles. The van der Waals surface area contributed by atoms with E-state index in [4.69, 9.17) is 17.3 Å². The summed E-state index contributed by atoms with van der Waals surface area (Å²) >= 11 is 6.04. The molecular formula is C14H21ClN2. The largest absolute Gasteiger partial charge is 0.396 e. The van der Waals surface area contributed by atoms with Gasteiger partial charge < -0.3 is 11.1 Å². The van der Waals surface area contributed by atoms with Crippen molar-refractivity contribution in [3.63, 3.8) is 0 Å². The van der Waals surface area contributed by atoms with E-state index >= 15 is 0 Å². The van der Waals surface area contributed by atoms with Crippen LogP contribution in [-0.2, 0) is 0 Å². The number of hydrogen-bond donors (Lipinski definition) is 2. The predicted molar refractivity (Wildman–Crippen MR) is 75.5 cm³/mol. The van der Waals surface area contributed by atoms with Crippen molar-refractivity contribution in [1.29, 1.82) is 0 Å². The zero-order chi connectivity index (χ0) is 12.3. The summed E-state index contributed by atoms with van der Waals surface area (Å²) in [6.45, 7) is 2.27. The minimum absolute atomic E-state index is 0.550. The molecule has 0 spiro atoms. The van der Waals surface area contributed by atoms with Gasteiger partial charge in [-0.2, -0.15) is 0 Å². The highest BCUT2D eigenvalue weighted by Crippen LogP contribution is 2.33. The maximum absolute atomic E-state index is 6.04. The Morgan fingerprint density at radius 1 is 1.35 bits per heavy atom. The molecule has 1 aliphatic rings.